The molecular formula is C15H18N4O. The fraction of sp³-hybridized carbons (Fsp3) is 0.267. The van der Waals surface area contributed by atoms with Gasteiger partial charge in [0.2, 0.25) is 0 Å². The molecule has 20 heavy (non-hydrogen) atoms. The van der Waals surface area contributed by atoms with Crippen molar-refractivity contribution in [3.63, 3.8) is 0 Å². The molecule has 5 heteroatoms. The van der Waals surface area contributed by atoms with E-state index >= 15 is 0 Å². The highest BCUT2D eigenvalue weighted by molar-refractivity contribution is 5.95. The van der Waals surface area contributed by atoms with E-state index in [9.17, 15) is 4.79 Å². The van der Waals surface area contributed by atoms with Crippen molar-refractivity contribution in [2.24, 2.45) is 0 Å². The Morgan fingerprint density at radius 3 is 2.65 bits per heavy atom. The zero-order valence-electron chi connectivity index (χ0n) is 11.8. The normalized spacial score (nSPS) is 11.9. The summed E-state index contributed by atoms with van der Waals surface area (Å²) in [5, 5.41) is 10.8. The van der Waals surface area contributed by atoms with E-state index in [1.54, 1.807) is 13.0 Å². The summed E-state index contributed by atoms with van der Waals surface area (Å²) < 4.78 is 0. The van der Waals surface area contributed by atoms with Gasteiger partial charge in [0.05, 0.1) is 23.0 Å². The van der Waals surface area contributed by atoms with Gasteiger partial charge in [-0.05, 0) is 38.5 Å². The van der Waals surface area contributed by atoms with Gasteiger partial charge in [-0.3, -0.25) is 4.79 Å². The Hall–Kier alpha value is -2.43. The fourth-order valence-electron chi connectivity index (χ4n) is 2.04. The third-order valence-electron chi connectivity index (χ3n) is 3.16. The van der Waals surface area contributed by atoms with E-state index in [1.165, 1.54) is 0 Å². The SMILES string of the molecule is Cc1cc(C(=O)NC(C)c2ccccc2N)c(C)nn1. The molecule has 104 valence electrons. The molecule has 0 aliphatic rings. The van der Waals surface area contributed by atoms with Crippen molar-refractivity contribution in [3.8, 4) is 0 Å². The maximum atomic E-state index is 12.3. The van der Waals surface area contributed by atoms with E-state index in [-0.39, 0.29) is 11.9 Å². The third-order valence-corrected chi connectivity index (χ3v) is 3.16. The molecule has 0 radical (unpaired) electrons. The molecule has 0 fully saturated rings. The first kappa shape index (κ1) is 14.0. The minimum absolute atomic E-state index is 0.170. The zero-order chi connectivity index (χ0) is 14.7. The Labute approximate surface area is 118 Å². The van der Waals surface area contributed by atoms with Gasteiger partial charge in [0.25, 0.3) is 5.91 Å². The number of hydrogen-bond donors (Lipinski definition) is 2. The molecule has 0 spiro atoms. The summed E-state index contributed by atoms with van der Waals surface area (Å²) in [4.78, 5) is 12.3. The second kappa shape index (κ2) is 5.69. The quantitative estimate of drug-likeness (QED) is 0.837. The molecule has 0 aliphatic heterocycles. The van der Waals surface area contributed by atoms with Gasteiger partial charge in [0, 0.05) is 5.69 Å². The number of anilines is 1. The van der Waals surface area contributed by atoms with Crippen LogP contribution < -0.4 is 11.1 Å². The molecule has 0 saturated heterocycles. The van der Waals surface area contributed by atoms with Crippen LogP contribution in [0, 0.1) is 13.8 Å². The molecular weight excluding hydrogens is 252 g/mol. The van der Waals surface area contributed by atoms with Gasteiger partial charge in [-0.2, -0.15) is 10.2 Å². The number of rotatable bonds is 3. The van der Waals surface area contributed by atoms with Gasteiger partial charge >= 0.3 is 0 Å². The number of hydrogen-bond acceptors (Lipinski definition) is 4. The van der Waals surface area contributed by atoms with Crippen LogP contribution in [-0.4, -0.2) is 16.1 Å². The molecule has 2 aromatic rings. The third kappa shape index (κ3) is 2.93. The van der Waals surface area contributed by atoms with Crippen LogP contribution in [0.1, 0.15) is 40.3 Å². The summed E-state index contributed by atoms with van der Waals surface area (Å²) >= 11 is 0. The molecule has 0 aliphatic carbocycles. The Balaban J connectivity index is 2.20. The molecule has 1 aromatic heterocycles. The van der Waals surface area contributed by atoms with Crippen molar-refractivity contribution < 1.29 is 4.79 Å². The molecule has 1 aromatic carbocycles. The lowest BCUT2D eigenvalue weighted by atomic mass is 10.1. The first-order chi connectivity index (χ1) is 9.49. The predicted octanol–water partition coefficient (Wildman–Crippen LogP) is 2.17. The Kier molecular flexibility index (Phi) is 3.98. The lowest BCUT2D eigenvalue weighted by Crippen LogP contribution is -2.28. The van der Waals surface area contributed by atoms with Crippen molar-refractivity contribution in [2.75, 3.05) is 5.73 Å². The van der Waals surface area contributed by atoms with Crippen LogP contribution >= 0.6 is 0 Å². The standard InChI is InChI=1S/C15H18N4O/c1-9-8-13(11(3)19-18-9)15(20)17-10(2)12-6-4-5-7-14(12)16/h4-8,10H,16H2,1-3H3,(H,17,20). The summed E-state index contributed by atoms with van der Waals surface area (Å²) in [5.74, 6) is -0.170. The second-order valence-electron chi connectivity index (χ2n) is 4.81. The molecule has 5 nitrogen and oxygen atoms in total. The van der Waals surface area contributed by atoms with Gasteiger partial charge in [-0.15, -0.1) is 0 Å². The number of nitrogens with zero attached hydrogens (tertiary/aromatic N) is 2. The lowest BCUT2D eigenvalue weighted by Gasteiger charge is -2.16. The van der Waals surface area contributed by atoms with E-state index in [0.717, 1.165) is 5.56 Å². The van der Waals surface area contributed by atoms with Crippen LogP contribution in [0.15, 0.2) is 30.3 Å². The summed E-state index contributed by atoms with van der Waals surface area (Å²) in [6.07, 6.45) is 0. The van der Waals surface area contributed by atoms with Crippen molar-refractivity contribution >= 4 is 11.6 Å². The van der Waals surface area contributed by atoms with Gasteiger partial charge in [-0.25, -0.2) is 0 Å². The second-order valence-corrected chi connectivity index (χ2v) is 4.81. The zero-order valence-corrected chi connectivity index (χ0v) is 11.8. The highest BCUT2D eigenvalue weighted by atomic mass is 16.1. The van der Waals surface area contributed by atoms with Gasteiger partial charge in [-0.1, -0.05) is 18.2 Å². The van der Waals surface area contributed by atoms with Crippen LogP contribution in [0.2, 0.25) is 0 Å². The van der Waals surface area contributed by atoms with Gasteiger partial charge < -0.3 is 11.1 Å². The number of benzene rings is 1. The maximum Gasteiger partial charge on any atom is 0.253 e. The number of para-hydroxylation sites is 1. The summed E-state index contributed by atoms with van der Waals surface area (Å²) in [7, 11) is 0. The minimum Gasteiger partial charge on any atom is -0.398 e. The van der Waals surface area contributed by atoms with Crippen molar-refractivity contribution in [3.05, 3.63) is 52.8 Å². The van der Waals surface area contributed by atoms with Crippen molar-refractivity contribution in [1.82, 2.24) is 15.5 Å². The number of aryl methyl sites for hydroxylation is 2. The number of nitrogen functional groups attached to an aromatic ring is 1. The van der Waals surface area contributed by atoms with Crippen LogP contribution in [0.4, 0.5) is 5.69 Å². The number of carbonyl (C=O) groups excluding carboxylic acids is 1. The Morgan fingerprint density at radius 2 is 1.95 bits per heavy atom. The summed E-state index contributed by atoms with van der Waals surface area (Å²) in [6.45, 7) is 5.48. The van der Waals surface area contributed by atoms with Crippen LogP contribution in [0.3, 0.4) is 0 Å². The predicted molar refractivity (Wildman–Crippen MR) is 78.2 cm³/mol. The molecule has 1 amide bonds. The van der Waals surface area contributed by atoms with Crippen molar-refractivity contribution in [2.45, 2.75) is 26.8 Å². The first-order valence-electron chi connectivity index (χ1n) is 6.45. The molecule has 3 N–H and O–H groups in total. The molecule has 1 atom stereocenters. The van der Waals surface area contributed by atoms with Crippen LogP contribution in [0.5, 0.6) is 0 Å². The molecule has 1 unspecified atom stereocenters. The lowest BCUT2D eigenvalue weighted by molar-refractivity contribution is 0.0938. The molecule has 2 rings (SSSR count). The summed E-state index contributed by atoms with van der Waals surface area (Å²) in [5.41, 5.74) is 9.35. The number of nitrogens with two attached hydrogens (primary N) is 1. The van der Waals surface area contributed by atoms with Crippen molar-refractivity contribution in [1.29, 1.82) is 0 Å². The maximum absolute atomic E-state index is 12.3. The average molecular weight is 270 g/mol. The minimum atomic E-state index is -0.170. The van der Waals surface area contributed by atoms with E-state index in [0.29, 0.717) is 22.6 Å². The summed E-state index contributed by atoms with van der Waals surface area (Å²) in [6, 6.07) is 9.06. The molecule has 0 saturated carbocycles. The number of amides is 1. The smallest absolute Gasteiger partial charge is 0.253 e. The van der Waals surface area contributed by atoms with Crippen LogP contribution in [-0.2, 0) is 0 Å². The van der Waals surface area contributed by atoms with Gasteiger partial charge in [0.1, 0.15) is 0 Å². The van der Waals surface area contributed by atoms with E-state index in [1.807, 2.05) is 38.1 Å². The van der Waals surface area contributed by atoms with Crippen LogP contribution in [0.25, 0.3) is 0 Å². The average Bonchev–Trinajstić information content (AvgIpc) is 2.41. The van der Waals surface area contributed by atoms with E-state index in [2.05, 4.69) is 15.5 Å². The Morgan fingerprint density at radius 1 is 1.25 bits per heavy atom. The van der Waals surface area contributed by atoms with Gasteiger partial charge in [0.15, 0.2) is 0 Å². The first-order valence-corrected chi connectivity index (χ1v) is 6.45. The number of carbonyl (C=O) groups is 1. The fourth-order valence-corrected chi connectivity index (χ4v) is 2.04. The topological polar surface area (TPSA) is 80.9 Å². The van der Waals surface area contributed by atoms with E-state index in [4.69, 9.17) is 5.73 Å². The highest BCUT2D eigenvalue weighted by Crippen LogP contribution is 2.20. The molecule has 1 heterocycles. The highest BCUT2D eigenvalue weighted by Gasteiger charge is 2.16. The number of nitrogens with one attached hydrogen (secondary N) is 1. The monoisotopic (exact) mass is 270 g/mol. The van der Waals surface area contributed by atoms with E-state index < -0.39 is 0 Å². The molecule has 0 bridgehead atoms. The Bertz CT molecular complexity index is 640. The number of aromatic nitrogens is 2. The largest absolute Gasteiger partial charge is 0.398 e.